The molecule has 1 amide bonds. The fourth-order valence-corrected chi connectivity index (χ4v) is 3.84. The summed E-state index contributed by atoms with van der Waals surface area (Å²) in [6.45, 7) is 6.31. The molecule has 0 aliphatic heterocycles. The SMILES string of the molecule is Cc1cc2nn(-c3ccc(C(C)C)cc3)nc2cc1NC(=O)c1ccc2ccccc2c1. The number of rotatable bonds is 4. The molecule has 5 nitrogen and oxygen atoms in total. The molecule has 32 heavy (non-hydrogen) atoms. The van der Waals surface area contributed by atoms with Crippen molar-refractivity contribution >= 4 is 33.4 Å². The van der Waals surface area contributed by atoms with Gasteiger partial charge in [0.2, 0.25) is 0 Å². The molecule has 0 bridgehead atoms. The third kappa shape index (κ3) is 3.73. The Morgan fingerprint density at radius 2 is 1.53 bits per heavy atom. The first kappa shape index (κ1) is 19.9. The number of nitrogens with zero attached hydrogens (tertiary/aromatic N) is 3. The number of hydrogen-bond donors (Lipinski definition) is 1. The number of aryl methyl sites for hydroxylation is 1. The van der Waals surface area contributed by atoms with Gasteiger partial charge >= 0.3 is 0 Å². The summed E-state index contributed by atoms with van der Waals surface area (Å²) in [7, 11) is 0. The summed E-state index contributed by atoms with van der Waals surface area (Å²) in [5.74, 6) is 0.333. The van der Waals surface area contributed by atoms with Gasteiger partial charge in [-0.25, -0.2) is 0 Å². The molecule has 0 spiro atoms. The molecule has 0 fully saturated rings. The van der Waals surface area contributed by atoms with Crippen molar-refractivity contribution in [3.8, 4) is 5.69 Å². The van der Waals surface area contributed by atoms with Gasteiger partial charge in [0.25, 0.3) is 5.91 Å². The van der Waals surface area contributed by atoms with E-state index in [9.17, 15) is 4.79 Å². The minimum Gasteiger partial charge on any atom is -0.322 e. The standard InChI is InChI=1S/C27H24N4O/c1-17(2)19-10-12-23(13-11-19)31-29-25-14-18(3)24(16-26(25)30-31)28-27(32)22-9-8-20-6-4-5-7-21(20)15-22/h4-17H,1-3H3,(H,28,32). The van der Waals surface area contributed by atoms with Crippen molar-refractivity contribution in [1.82, 2.24) is 15.0 Å². The van der Waals surface area contributed by atoms with Crippen LogP contribution in [0.25, 0.3) is 27.5 Å². The molecule has 0 saturated heterocycles. The van der Waals surface area contributed by atoms with Gasteiger partial charge in [0, 0.05) is 11.3 Å². The number of anilines is 1. The van der Waals surface area contributed by atoms with Gasteiger partial charge in [0.05, 0.1) is 5.69 Å². The molecular formula is C27H24N4O. The second-order valence-corrected chi connectivity index (χ2v) is 8.41. The number of carbonyl (C=O) groups excluding carboxylic acids is 1. The zero-order chi connectivity index (χ0) is 22.2. The molecule has 5 aromatic rings. The van der Waals surface area contributed by atoms with Crippen LogP contribution in [0.4, 0.5) is 5.69 Å². The van der Waals surface area contributed by atoms with Crippen LogP contribution in [0.2, 0.25) is 0 Å². The predicted molar refractivity (Wildman–Crippen MR) is 130 cm³/mol. The Balaban J connectivity index is 1.43. The summed E-state index contributed by atoms with van der Waals surface area (Å²) in [5.41, 5.74) is 6.00. The van der Waals surface area contributed by atoms with E-state index in [1.165, 1.54) is 5.56 Å². The molecule has 1 heterocycles. The molecule has 0 saturated carbocycles. The van der Waals surface area contributed by atoms with Crippen LogP contribution < -0.4 is 5.32 Å². The van der Waals surface area contributed by atoms with Crippen molar-refractivity contribution in [2.75, 3.05) is 5.32 Å². The van der Waals surface area contributed by atoms with Crippen molar-refractivity contribution in [2.45, 2.75) is 26.7 Å². The zero-order valence-electron chi connectivity index (χ0n) is 18.3. The number of benzene rings is 4. The van der Waals surface area contributed by atoms with Crippen molar-refractivity contribution in [3.63, 3.8) is 0 Å². The summed E-state index contributed by atoms with van der Waals surface area (Å²) >= 11 is 0. The van der Waals surface area contributed by atoms with E-state index in [0.29, 0.717) is 11.5 Å². The first-order chi connectivity index (χ1) is 15.5. The van der Waals surface area contributed by atoms with Crippen LogP contribution >= 0.6 is 0 Å². The Morgan fingerprint density at radius 1 is 0.844 bits per heavy atom. The van der Waals surface area contributed by atoms with Gasteiger partial charge in [0.15, 0.2) is 0 Å². The Bertz CT molecular complexity index is 1450. The van der Waals surface area contributed by atoms with Gasteiger partial charge in [-0.3, -0.25) is 4.79 Å². The Labute approximate surface area is 186 Å². The van der Waals surface area contributed by atoms with E-state index in [1.807, 2.05) is 73.7 Å². The maximum Gasteiger partial charge on any atom is 0.255 e. The van der Waals surface area contributed by atoms with E-state index in [0.717, 1.165) is 38.7 Å². The van der Waals surface area contributed by atoms with Crippen LogP contribution in [-0.2, 0) is 0 Å². The van der Waals surface area contributed by atoms with Gasteiger partial charge < -0.3 is 5.32 Å². The number of fused-ring (bicyclic) bond motifs is 2. The molecule has 0 unspecified atom stereocenters. The highest BCUT2D eigenvalue weighted by Gasteiger charge is 2.12. The van der Waals surface area contributed by atoms with E-state index < -0.39 is 0 Å². The highest BCUT2D eigenvalue weighted by Crippen LogP contribution is 2.24. The van der Waals surface area contributed by atoms with Gasteiger partial charge in [-0.15, -0.1) is 10.2 Å². The molecule has 4 aromatic carbocycles. The fourth-order valence-electron chi connectivity index (χ4n) is 3.84. The minimum atomic E-state index is -0.144. The van der Waals surface area contributed by atoms with Crippen molar-refractivity contribution < 1.29 is 4.79 Å². The van der Waals surface area contributed by atoms with Crippen LogP contribution in [0, 0.1) is 6.92 Å². The third-order valence-corrected chi connectivity index (χ3v) is 5.78. The van der Waals surface area contributed by atoms with Gasteiger partial charge in [-0.05, 0) is 71.1 Å². The molecule has 5 heteroatoms. The zero-order valence-corrected chi connectivity index (χ0v) is 18.3. The lowest BCUT2D eigenvalue weighted by molar-refractivity contribution is 0.102. The molecule has 0 aliphatic rings. The van der Waals surface area contributed by atoms with Crippen LogP contribution in [0.1, 0.15) is 41.3 Å². The number of nitrogens with one attached hydrogen (secondary N) is 1. The van der Waals surface area contributed by atoms with E-state index in [2.05, 4.69) is 41.5 Å². The Hall–Kier alpha value is -3.99. The maximum absolute atomic E-state index is 12.9. The summed E-state index contributed by atoms with van der Waals surface area (Å²) in [6, 6.07) is 25.9. The molecular weight excluding hydrogens is 396 g/mol. The first-order valence-electron chi connectivity index (χ1n) is 10.8. The number of aromatic nitrogens is 3. The quantitative estimate of drug-likeness (QED) is 0.373. The molecule has 5 rings (SSSR count). The summed E-state index contributed by atoms with van der Waals surface area (Å²) < 4.78 is 0. The van der Waals surface area contributed by atoms with Crippen LogP contribution in [0.5, 0.6) is 0 Å². The molecule has 0 radical (unpaired) electrons. The van der Waals surface area contributed by atoms with Crippen LogP contribution in [0.3, 0.4) is 0 Å². The largest absolute Gasteiger partial charge is 0.322 e. The average molecular weight is 421 g/mol. The van der Waals surface area contributed by atoms with E-state index in [4.69, 9.17) is 0 Å². The fraction of sp³-hybridized carbons (Fsp3) is 0.148. The minimum absolute atomic E-state index is 0.144. The molecule has 0 atom stereocenters. The number of amides is 1. The maximum atomic E-state index is 12.9. The van der Waals surface area contributed by atoms with E-state index in [-0.39, 0.29) is 5.91 Å². The van der Waals surface area contributed by atoms with Gasteiger partial charge in [-0.1, -0.05) is 56.3 Å². The number of hydrogen-bond acceptors (Lipinski definition) is 3. The van der Waals surface area contributed by atoms with E-state index in [1.54, 1.807) is 4.80 Å². The topological polar surface area (TPSA) is 59.8 Å². The smallest absolute Gasteiger partial charge is 0.255 e. The van der Waals surface area contributed by atoms with E-state index >= 15 is 0 Å². The third-order valence-electron chi connectivity index (χ3n) is 5.78. The van der Waals surface area contributed by atoms with Crippen molar-refractivity contribution in [3.05, 3.63) is 95.6 Å². The second-order valence-electron chi connectivity index (χ2n) is 8.41. The predicted octanol–water partition coefficient (Wildman–Crippen LogP) is 6.26. The Morgan fingerprint density at radius 3 is 2.25 bits per heavy atom. The average Bonchev–Trinajstić information content (AvgIpc) is 3.21. The van der Waals surface area contributed by atoms with Gasteiger partial charge in [0.1, 0.15) is 11.0 Å². The lowest BCUT2D eigenvalue weighted by Gasteiger charge is -2.09. The highest BCUT2D eigenvalue weighted by atomic mass is 16.1. The molecule has 0 aliphatic carbocycles. The number of carbonyl (C=O) groups is 1. The molecule has 158 valence electrons. The van der Waals surface area contributed by atoms with Crippen molar-refractivity contribution in [2.24, 2.45) is 0 Å². The highest BCUT2D eigenvalue weighted by molar-refractivity contribution is 6.07. The monoisotopic (exact) mass is 420 g/mol. The first-order valence-corrected chi connectivity index (χ1v) is 10.8. The lowest BCUT2D eigenvalue weighted by Crippen LogP contribution is -2.12. The van der Waals surface area contributed by atoms with Crippen LogP contribution in [0.15, 0.2) is 78.9 Å². The summed E-state index contributed by atoms with van der Waals surface area (Å²) in [6.07, 6.45) is 0. The lowest BCUT2D eigenvalue weighted by atomic mass is 10.0. The van der Waals surface area contributed by atoms with Gasteiger partial charge in [-0.2, -0.15) is 4.80 Å². The Kier molecular flexibility index (Phi) is 4.94. The summed E-state index contributed by atoms with van der Waals surface area (Å²) in [5, 5.41) is 14.4. The molecule has 1 aromatic heterocycles. The normalized spacial score (nSPS) is 11.4. The van der Waals surface area contributed by atoms with Crippen molar-refractivity contribution in [1.29, 1.82) is 0 Å². The molecule has 1 N–H and O–H groups in total. The second kappa shape index (κ2) is 7.93. The van der Waals surface area contributed by atoms with Crippen LogP contribution in [-0.4, -0.2) is 20.9 Å². The summed E-state index contributed by atoms with van der Waals surface area (Å²) in [4.78, 5) is 14.5.